The van der Waals surface area contributed by atoms with Gasteiger partial charge >= 0.3 is 0 Å². The summed E-state index contributed by atoms with van der Waals surface area (Å²) in [6, 6.07) is 8.95. The van der Waals surface area contributed by atoms with E-state index in [9.17, 15) is 13.2 Å². The molecule has 0 bridgehead atoms. The largest absolute Gasteiger partial charge is 0.362 e. The molecule has 1 fully saturated rings. The summed E-state index contributed by atoms with van der Waals surface area (Å²) >= 11 is 5.69. The minimum atomic E-state index is -3.77. The molecule has 0 spiro atoms. The van der Waals surface area contributed by atoms with Gasteiger partial charge in [0, 0.05) is 31.9 Å². The minimum absolute atomic E-state index is 0.0801. The predicted octanol–water partition coefficient (Wildman–Crippen LogP) is 2.80. The number of nitrogens with zero attached hydrogens (tertiary/aromatic N) is 3. The molecular formula is C17H17ClN4O3S. The average Bonchev–Trinajstić information content (AvgIpc) is 3.00. The first-order valence-electron chi connectivity index (χ1n) is 7.93. The summed E-state index contributed by atoms with van der Waals surface area (Å²) in [5, 5.41) is 2.97. The van der Waals surface area contributed by atoms with Gasteiger partial charge in [0.15, 0.2) is 0 Å². The lowest BCUT2D eigenvalue weighted by Gasteiger charge is -2.11. The van der Waals surface area contributed by atoms with Crippen LogP contribution in [0, 0.1) is 0 Å². The highest BCUT2D eigenvalue weighted by atomic mass is 35.5. The van der Waals surface area contributed by atoms with Gasteiger partial charge < -0.3 is 10.2 Å². The molecule has 1 N–H and O–H groups in total. The highest BCUT2D eigenvalue weighted by Gasteiger charge is 2.20. The number of hydrogen-bond acceptors (Lipinski definition) is 4. The number of pyridine rings is 1. The van der Waals surface area contributed by atoms with Crippen molar-refractivity contribution in [2.24, 2.45) is 4.40 Å². The molecule has 1 aliphatic heterocycles. The summed E-state index contributed by atoms with van der Waals surface area (Å²) in [6.45, 7) is 0.804. The molecule has 7 nitrogen and oxygen atoms in total. The number of nitrogens with one attached hydrogen (secondary N) is 1. The molecule has 0 saturated carbocycles. The van der Waals surface area contributed by atoms with Gasteiger partial charge in [-0.25, -0.2) is 4.98 Å². The number of carbonyl (C=O) groups excluding carboxylic acids is 1. The second kappa shape index (κ2) is 7.43. The van der Waals surface area contributed by atoms with Crippen LogP contribution in [0.2, 0.25) is 5.15 Å². The van der Waals surface area contributed by atoms with Crippen molar-refractivity contribution in [3.63, 3.8) is 0 Å². The van der Waals surface area contributed by atoms with Crippen LogP contribution in [0.1, 0.15) is 23.2 Å². The van der Waals surface area contributed by atoms with Gasteiger partial charge in [0.1, 0.15) is 11.0 Å². The Morgan fingerprint density at radius 2 is 1.96 bits per heavy atom. The van der Waals surface area contributed by atoms with Crippen LogP contribution in [0.4, 0.5) is 5.69 Å². The maximum Gasteiger partial charge on any atom is 0.283 e. The molecule has 1 aromatic heterocycles. The number of benzene rings is 1. The van der Waals surface area contributed by atoms with E-state index in [1.165, 1.54) is 36.5 Å². The summed E-state index contributed by atoms with van der Waals surface area (Å²) in [5.74, 6) is 0.204. The fraction of sp³-hybridized carbons (Fsp3) is 0.235. The number of carbonyl (C=O) groups is 1. The number of hydrogen-bond donors (Lipinski definition) is 1. The molecule has 0 unspecified atom stereocenters. The summed E-state index contributed by atoms with van der Waals surface area (Å²) in [7, 11) is -1.94. The SMILES string of the molecule is CN1CCCC1=NS(=O)(=O)c1ccc(NC(=O)c2ccc(Cl)nc2)cc1. The predicted molar refractivity (Wildman–Crippen MR) is 100 cm³/mol. The maximum atomic E-state index is 12.4. The lowest BCUT2D eigenvalue weighted by Crippen LogP contribution is -2.20. The van der Waals surface area contributed by atoms with Gasteiger partial charge in [-0.15, -0.1) is 4.40 Å². The normalized spacial score (nSPS) is 16.1. The van der Waals surface area contributed by atoms with Crippen molar-refractivity contribution in [2.45, 2.75) is 17.7 Å². The number of amidine groups is 1. The van der Waals surface area contributed by atoms with Crippen LogP contribution < -0.4 is 5.32 Å². The van der Waals surface area contributed by atoms with E-state index in [-0.39, 0.29) is 10.8 Å². The fourth-order valence-corrected chi connectivity index (χ4v) is 3.73. The first-order valence-corrected chi connectivity index (χ1v) is 9.75. The zero-order valence-corrected chi connectivity index (χ0v) is 15.6. The third-order valence-corrected chi connectivity index (χ3v) is 5.50. The molecular weight excluding hydrogens is 376 g/mol. The van der Waals surface area contributed by atoms with Gasteiger partial charge in [-0.3, -0.25) is 4.79 Å². The Bertz CT molecular complexity index is 941. The first kappa shape index (κ1) is 18.3. The number of sulfonamides is 1. The Morgan fingerprint density at radius 3 is 2.54 bits per heavy atom. The van der Waals surface area contributed by atoms with E-state index in [0.29, 0.717) is 28.7 Å². The molecule has 2 heterocycles. The van der Waals surface area contributed by atoms with Crippen molar-refractivity contribution < 1.29 is 13.2 Å². The third kappa shape index (κ3) is 4.20. The van der Waals surface area contributed by atoms with Crippen LogP contribution in [0.15, 0.2) is 51.9 Å². The quantitative estimate of drug-likeness (QED) is 0.808. The molecule has 1 aliphatic rings. The summed E-state index contributed by atoms with van der Waals surface area (Å²) in [4.78, 5) is 17.9. The molecule has 0 atom stereocenters. The Kier molecular flexibility index (Phi) is 5.24. The minimum Gasteiger partial charge on any atom is -0.362 e. The number of rotatable bonds is 4. The third-order valence-electron chi connectivity index (χ3n) is 3.96. The van der Waals surface area contributed by atoms with E-state index in [1.54, 1.807) is 6.07 Å². The number of halogens is 1. The Morgan fingerprint density at radius 1 is 1.23 bits per heavy atom. The zero-order chi connectivity index (χ0) is 18.7. The molecule has 1 amide bonds. The van der Waals surface area contributed by atoms with Crippen molar-refractivity contribution in [2.75, 3.05) is 18.9 Å². The molecule has 3 rings (SSSR count). The van der Waals surface area contributed by atoms with E-state index in [0.717, 1.165) is 13.0 Å². The summed E-state index contributed by atoms with van der Waals surface area (Å²) in [6.07, 6.45) is 2.92. The molecule has 1 saturated heterocycles. The van der Waals surface area contributed by atoms with E-state index in [1.807, 2.05) is 11.9 Å². The zero-order valence-electron chi connectivity index (χ0n) is 14.0. The van der Waals surface area contributed by atoms with Crippen molar-refractivity contribution in [1.82, 2.24) is 9.88 Å². The number of aromatic nitrogens is 1. The van der Waals surface area contributed by atoms with Crippen molar-refractivity contribution >= 4 is 39.1 Å². The number of amides is 1. The number of likely N-dealkylation sites (tertiary alicyclic amines) is 1. The molecule has 26 heavy (non-hydrogen) atoms. The van der Waals surface area contributed by atoms with Crippen LogP contribution in [0.25, 0.3) is 0 Å². The van der Waals surface area contributed by atoms with Crippen molar-refractivity contribution in [1.29, 1.82) is 0 Å². The van der Waals surface area contributed by atoms with Crippen molar-refractivity contribution in [3.8, 4) is 0 Å². The highest BCUT2D eigenvalue weighted by molar-refractivity contribution is 7.90. The van der Waals surface area contributed by atoms with E-state index in [2.05, 4.69) is 14.7 Å². The Labute approximate surface area is 156 Å². The first-order chi connectivity index (χ1) is 12.3. The van der Waals surface area contributed by atoms with E-state index in [4.69, 9.17) is 11.6 Å². The van der Waals surface area contributed by atoms with Gasteiger partial charge in [0.05, 0.1) is 10.5 Å². The monoisotopic (exact) mass is 392 g/mol. The molecule has 136 valence electrons. The van der Waals surface area contributed by atoms with Crippen LogP contribution in [0.5, 0.6) is 0 Å². The fourth-order valence-electron chi connectivity index (χ4n) is 2.52. The standard InChI is InChI=1S/C17H17ClN4O3S/c1-22-10-2-3-16(22)21-26(24,25)14-7-5-13(6-8-14)20-17(23)12-4-9-15(18)19-11-12/h4-9,11H,2-3,10H2,1H3,(H,20,23). The lowest BCUT2D eigenvalue weighted by molar-refractivity contribution is 0.102. The van der Waals surface area contributed by atoms with E-state index >= 15 is 0 Å². The highest BCUT2D eigenvalue weighted by Crippen LogP contribution is 2.19. The Balaban J connectivity index is 1.74. The van der Waals surface area contributed by atoms with Gasteiger partial charge in [-0.2, -0.15) is 8.42 Å². The molecule has 9 heteroatoms. The van der Waals surface area contributed by atoms with Gasteiger partial charge in [0.25, 0.3) is 15.9 Å². The van der Waals surface area contributed by atoms with Crippen LogP contribution in [-0.4, -0.2) is 43.6 Å². The summed E-state index contributed by atoms with van der Waals surface area (Å²) < 4.78 is 28.7. The van der Waals surface area contributed by atoms with E-state index < -0.39 is 10.0 Å². The van der Waals surface area contributed by atoms with Gasteiger partial charge in [-0.05, 0) is 42.8 Å². The van der Waals surface area contributed by atoms with Gasteiger partial charge in [0.2, 0.25) is 0 Å². The second-order valence-electron chi connectivity index (χ2n) is 5.86. The van der Waals surface area contributed by atoms with Crippen LogP contribution in [-0.2, 0) is 10.0 Å². The van der Waals surface area contributed by atoms with Crippen LogP contribution >= 0.6 is 11.6 Å². The van der Waals surface area contributed by atoms with Crippen LogP contribution in [0.3, 0.4) is 0 Å². The molecule has 0 radical (unpaired) electrons. The van der Waals surface area contributed by atoms with Crippen molar-refractivity contribution in [3.05, 3.63) is 53.3 Å². The smallest absolute Gasteiger partial charge is 0.283 e. The molecule has 1 aromatic carbocycles. The molecule has 2 aromatic rings. The van der Waals surface area contributed by atoms with Gasteiger partial charge in [-0.1, -0.05) is 11.6 Å². The number of anilines is 1. The lowest BCUT2D eigenvalue weighted by atomic mass is 10.2. The second-order valence-corrected chi connectivity index (χ2v) is 7.85. The summed E-state index contributed by atoms with van der Waals surface area (Å²) in [5.41, 5.74) is 0.816. The molecule has 0 aliphatic carbocycles. The Hall–Kier alpha value is -2.45. The maximum absolute atomic E-state index is 12.4. The topological polar surface area (TPSA) is 91.7 Å². The average molecular weight is 393 g/mol.